The second-order valence-corrected chi connectivity index (χ2v) is 9.14. The number of fused-ring (bicyclic) bond motifs is 2. The molecule has 10 nitrogen and oxygen atoms in total. The summed E-state index contributed by atoms with van der Waals surface area (Å²) in [5.41, 5.74) is 0.968. The van der Waals surface area contributed by atoms with Crippen LogP contribution in [0.3, 0.4) is 0 Å². The van der Waals surface area contributed by atoms with Crippen molar-refractivity contribution >= 4 is 35.1 Å². The molecule has 4 atom stereocenters. The summed E-state index contributed by atoms with van der Waals surface area (Å²) in [6.07, 6.45) is 4.28. The minimum absolute atomic E-state index is 0.0117. The van der Waals surface area contributed by atoms with Gasteiger partial charge in [-0.2, -0.15) is 0 Å². The van der Waals surface area contributed by atoms with Gasteiger partial charge in [0, 0.05) is 12.1 Å². The molecule has 32 heavy (non-hydrogen) atoms. The third-order valence-corrected chi connectivity index (χ3v) is 7.38. The molecule has 0 unspecified atom stereocenters. The average molecular weight is 442 g/mol. The van der Waals surface area contributed by atoms with Crippen LogP contribution in [-0.2, 0) is 14.4 Å². The molecule has 4 rings (SSSR count). The zero-order valence-electron chi connectivity index (χ0n) is 18.3. The van der Waals surface area contributed by atoms with Crippen LogP contribution >= 0.6 is 0 Å². The summed E-state index contributed by atoms with van der Waals surface area (Å²) in [5, 5.41) is 13.8. The molecule has 10 heteroatoms. The Morgan fingerprint density at radius 2 is 1.91 bits per heavy atom. The summed E-state index contributed by atoms with van der Waals surface area (Å²) in [7, 11) is 0. The average Bonchev–Trinajstić information content (AvgIpc) is 3.42. The Hall–Kier alpha value is -3.30. The van der Waals surface area contributed by atoms with Crippen LogP contribution in [0.4, 0.5) is 16.2 Å². The van der Waals surface area contributed by atoms with Crippen molar-refractivity contribution in [2.75, 3.05) is 11.9 Å². The van der Waals surface area contributed by atoms with E-state index < -0.39 is 41.3 Å². The monoisotopic (exact) mass is 442 g/mol. The Kier molecular flexibility index (Phi) is 5.47. The molecular formula is C22H26N4O6. The first kappa shape index (κ1) is 21.9. The Morgan fingerprint density at radius 1 is 1.19 bits per heavy atom. The van der Waals surface area contributed by atoms with Gasteiger partial charge in [-0.3, -0.25) is 29.4 Å². The third kappa shape index (κ3) is 3.53. The molecule has 1 heterocycles. The number of carbonyl (C=O) groups is 4. The maximum atomic E-state index is 12.9. The molecule has 3 fully saturated rings. The molecule has 1 aromatic rings. The Balaban J connectivity index is 1.49. The van der Waals surface area contributed by atoms with E-state index in [0.717, 1.165) is 29.7 Å². The number of urea groups is 1. The molecular weight excluding hydrogens is 416 g/mol. The number of imide groups is 2. The number of nitro benzene ring substituents is 1. The fourth-order valence-electron chi connectivity index (χ4n) is 5.53. The smallest absolute Gasteiger partial charge is 0.319 e. The number of rotatable bonds is 6. The highest BCUT2D eigenvalue weighted by molar-refractivity contribution is 6.45. The van der Waals surface area contributed by atoms with Crippen LogP contribution in [0.2, 0.25) is 0 Å². The van der Waals surface area contributed by atoms with Gasteiger partial charge in [-0.05, 0) is 68.9 Å². The van der Waals surface area contributed by atoms with Gasteiger partial charge in [0.25, 0.3) is 5.69 Å². The topological polar surface area (TPSA) is 130 Å². The Bertz CT molecular complexity index is 1040. The third-order valence-electron chi connectivity index (χ3n) is 7.38. The number of hydrogen-bond acceptors (Lipinski definition) is 6. The van der Waals surface area contributed by atoms with Crippen LogP contribution in [0, 0.1) is 41.7 Å². The van der Waals surface area contributed by atoms with Crippen LogP contribution in [0.25, 0.3) is 0 Å². The second kappa shape index (κ2) is 7.99. The van der Waals surface area contributed by atoms with Crippen molar-refractivity contribution in [1.29, 1.82) is 0 Å². The lowest BCUT2D eigenvalue weighted by molar-refractivity contribution is -0.384. The number of nitrogens with one attached hydrogen (secondary N) is 1. The van der Waals surface area contributed by atoms with Crippen LogP contribution in [0.5, 0.6) is 0 Å². The largest absolute Gasteiger partial charge is 0.334 e. The number of aryl methyl sites for hydroxylation is 1. The van der Waals surface area contributed by atoms with Gasteiger partial charge >= 0.3 is 17.8 Å². The normalized spacial score (nSPS) is 25.6. The first-order valence-corrected chi connectivity index (χ1v) is 10.8. The number of benzene rings is 1. The molecule has 3 aliphatic rings. The zero-order valence-corrected chi connectivity index (χ0v) is 18.3. The van der Waals surface area contributed by atoms with E-state index in [1.165, 1.54) is 12.5 Å². The van der Waals surface area contributed by atoms with Gasteiger partial charge in [0.05, 0.1) is 4.92 Å². The van der Waals surface area contributed by atoms with Crippen molar-refractivity contribution in [1.82, 2.24) is 9.80 Å². The fraction of sp³-hybridized carbons (Fsp3) is 0.545. The van der Waals surface area contributed by atoms with Gasteiger partial charge in [0.15, 0.2) is 0 Å². The number of nitrogens with zero attached hydrogens (tertiary/aromatic N) is 3. The molecule has 1 saturated heterocycles. The van der Waals surface area contributed by atoms with Crippen molar-refractivity contribution in [3.63, 3.8) is 0 Å². The van der Waals surface area contributed by atoms with E-state index in [1.807, 2.05) is 0 Å². The van der Waals surface area contributed by atoms with Crippen molar-refractivity contribution in [3.8, 4) is 0 Å². The minimum Gasteiger partial charge on any atom is -0.319 e. The highest BCUT2D eigenvalue weighted by atomic mass is 16.6. The minimum atomic E-state index is -1.05. The maximum absolute atomic E-state index is 12.9. The van der Waals surface area contributed by atoms with Crippen LogP contribution in [-0.4, -0.2) is 51.1 Å². The van der Waals surface area contributed by atoms with E-state index in [-0.39, 0.29) is 17.3 Å². The molecule has 5 amide bonds. The van der Waals surface area contributed by atoms with Crippen molar-refractivity contribution < 1.29 is 24.1 Å². The first-order valence-electron chi connectivity index (χ1n) is 10.8. The number of carbonyl (C=O) groups excluding carboxylic acids is 4. The number of nitro groups is 1. The molecule has 0 spiro atoms. The maximum Gasteiger partial charge on any atom is 0.334 e. The molecule has 170 valence electrons. The number of amides is 5. The van der Waals surface area contributed by atoms with Gasteiger partial charge in [-0.25, -0.2) is 9.69 Å². The van der Waals surface area contributed by atoms with E-state index >= 15 is 0 Å². The van der Waals surface area contributed by atoms with Gasteiger partial charge in [0.2, 0.25) is 5.91 Å². The molecule has 1 N–H and O–H groups in total. The van der Waals surface area contributed by atoms with Gasteiger partial charge in [0.1, 0.15) is 12.2 Å². The molecule has 2 saturated carbocycles. The molecule has 0 aromatic heterocycles. The lowest BCUT2D eigenvalue weighted by Crippen LogP contribution is -2.45. The van der Waals surface area contributed by atoms with Gasteiger partial charge in [-0.1, -0.05) is 12.5 Å². The van der Waals surface area contributed by atoms with E-state index in [9.17, 15) is 29.3 Å². The summed E-state index contributed by atoms with van der Waals surface area (Å²) < 4.78 is 0. The Labute approximate surface area is 185 Å². The first-order chi connectivity index (χ1) is 15.1. The predicted octanol–water partition coefficient (Wildman–Crippen LogP) is 2.77. The summed E-state index contributed by atoms with van der Waals surface area (Å²) in [6, 6.07) is 1.64. The molecule has 2 aliphatic carbocycles. The van der Waals surface area contributed by atoms with Crippen LogP contribution in [0.15, 0.2) is 12.1 Å². The summed E-state index contributed by atoms with van der Waals surface area (Å²) in [5.74, 6) is -1.52. The van der Waals surface area contributed by atoms with E-state index in [2.05, 4.69) is 5.32 Å². The summed E-state index contributed by atoms with van der Waals surface area (Å²) in [4.78, 5) is 63.0. The van der Waals surface area contributed by atoms with Crippen LogP contribution < -0.4 is 5.32 Å². The second-order valence-electron chi connectivity index (χ2n) is 9.14. The number of hydrogen-bond donors (Lipinski definition) is 1. The van der Waals surface area contributed by atoms with E-state index in [4.69, 9.17) is 0 Å². The van der Waals surface area contributed by atoms with Crippen molar-refractivity contribution in [2.45, 2.75) is 52.5 Å². The molecule has 1 aliphatic heterocycles. The molecule has 0 radical (unpaired) electrons. The zero-order chi connectivity index (χ0) is 23.3. The highest BCUT2D eigenvalue weighted by Crippen LogP contribution is 2.50. The summed E-state index contributed by atoms with van der Waals surface area (Å²) in [6.45, 7) is 4.48. The van der Waals surface area contributed by atoms with Gasteiger partial charge in [-0.15, -0.1) is 0 Å². The molecule has 1 aromatic carbocycles. The number of anilines is 1. The fourth-order valence-corrected chi connectivity index (χ4v) is 5.53. The van der Waals surface area contributed by atoms with Gasteiger partial charge < -0.3 is 5.32 Å². The van der Waals surface area contributed by atoms with Crippen molar-refractivity contribution in [3.05, 3.63) is 33.4 Å². The lowest BCUT2D eigenvalue weighted by Gasteiger charge is -2.32. The lowest BCUT2D eigenvalue weighted by atomic mass is 9.83. The highest BCUT2D eigenvalue weighted by Gasteiger charge is 2.52. The quantitative estimate of drug-likeness (QED) is 0.312. The summed E-state index contributed by atoms with van der Waals surface area (Å²) >= 11 is 0. The molecule has 2 bridgehead atoms. The van der Waals surface area contributed by atoms with E-state index in [1.54, 1.807) is 26.8 Å². The predicted molar refractivity (Wildman–Crippen MR) is 114 cm³/mol. The standard InChI is InChI=1S/C22H26N4O6/c1-11-4-7-17(26(31)32)19(12(11)2)23-18(27)10-24-20(28)21(29)25(22(24)30)13(3)16-9-14-5-6-15(16)8-14/h4,7,13-16H,5-6,8-10H2,1-3H3,(H,23,27)/t13-,14+,15+,16-/m1/s1. The van der Waals surface area contributed by atoms with Crippen molar-refractivity contribution in [2.24, 2.45) is 17.8 Å². The van der Waals surface area contributed by atoms with Crippen LogP contribution in [0.1, 0.15) is 43.7 Å². The SMILES string of the molecule is Cc1ccc([N+](=O)[O-])c(NC(=O)CN2C(=O)C(=O)N([C@H](C)[C@H]3C[C@H]4CC[C@H]3C4)C2=O)c1C. The Morgan fingerprint density at radius 3 is 2.50 bits per heavy atom. The van der Waals surface area contributed by atoms with E-state index in [0.29, 0.717) is 22.3 Å².